The summed E-state index contributed by atoms with van der Waals surface area (Å²) in [6, 6.07) is 16.8. The Labute approximate surface area is 197 Å². The van der Waals surface area contributed by atoms with E-state index in [1.54, 1.807) is 18.2 Å². The van der Waals surface area contributed by atoms with E-state index in [1.807, 2.05) is 47.9 Å². The number of aromatic nitrogens is 1. The number of ketones is 1. The number of carbonyl (C=O) groups is 1. The summed E-state index contributed by atoms with van der Waals surface area (Å²) in [4.78, 5) is 27.8. The molecule has 6 heteroatoms. The predicted octanol–water partition coefficient (Wildman–Crippen LogP) is 4.10. The van der Waals surface area contributed by atoms with Crippen molar-refractivity contribution < 1.29 is 14.6 Å². The maximum Gasteiger partial charge on any atom is 0.250 e. The van der Waals surface area contributed by atoms with Crippen LogP contribution in [-0.2, 0) is 13.1 Å². The Morgan fingerprint density at radius 3 is 2.71 bits per heavy atom. The van der Waals surface area contributed by atoms with Crippen molar-refractivity contribution in [2.75, 3.05) is 13.1 Å². The number of likely N-dealkylation sites (tertiary alicyclic amines) is 1. The lowest BCUT2D eigenvalue weighted by molar-refractivity contribution is 0.101. The fourth-order valence-corrected chi connectivity index (χ4v) is 5.78. The molecule has 6 rings (SSSR count). The number of pyridine rings is 1. The third-order valence-electron chi connectivity index (χ3n) is 7.26. The molecule has 0 unspecified atom stereocenters. The highest BCUT2D eigenvalue weighted by molar-refractivity contribution is 6.15. The lowest BCUT2D eigenvalue weighted by Crippen LogP contribution is -2.46. The van der Waals surface area contributed by atoms with Gasteiger partial charge in [-0.3, -0.25) is 14.5 Å². The number of phenols is 1. The van der Waals surface area contributed by atoms with Gasteiger partial charge in [-0.15, -0.1) is 0 Å². The van der Waals surface area contributed by atoms with Crippen LogP contribution in [0.25, 0.3) is 6.08 Å². The number of piperidine rings is 1. The van der Waals surface area contributed by atoms with Crippen LogP contribution in [0.4, 0.5) is 0 Å². The van der Waals surface area contributed by atoms with E-state index in [9.17, 15) is 14.7 Å². The number of carbonyl (C=O) groups excluding carboxylic acids is 1. The number of rotatable bonds is 3. The zero-order valence-corrected chi connectivity index (χ0v) is 19.0. The van der Waals surface area contributed by atoms with Gasteiger partial charge in [-0.25, -0.2) is 0 Å². The first-order valence-electron chi connectivity index (χ1n) is 11.7. The third kappa shape index (κ3) is 3.46. The molecule has 3 aliphatic rings. The summed E-state index contributed by atoms with van der Waals surface area (Å²) >= 11 is 0. The minimum Gasteiger partial charge on any atom is -0.507 e. The summed E-state index contributed by atoms with van der Waals surface area (Å²) in [5, 5.41) is 10.9. The normalized spacial score (nSPS) is 22.4. The number of hydrogen-bond acceptors (Lipinski definition) is 5. The molecule has 6 nitrogen and oxygen atoms in total. The number of allylic oxidation sites excluding steroid dienone is 1. The highest BCUT2D eigenvalue weighted by atomic mass is 16.5. The van der Waals surface area contributed by atoms with E-state index >= 15 is 0 Å². The van der Waals surface area contributed by atoms with E-state index in [2.05, 4.69) is 11.0 Å². The fourth-order valence-electron chi connectivity index (χ4n) is 5.78. The number of Topliss-reactive ketones (excluding diaryl/α,β-unsaturated/α-hetero) is 1. The van der Waals surface area contributed by atoms with Gasteiger partial charge in [-0.2, -0.15) is 0 Å². The van der Waals surface area contributed by atoms with Crippen molar-refractivity contribution in [2.45, 2.75) is 32.4 Å². The van der Waals surface area contributed by atoms with Crippen LogP contribution < -0.4 is 10.3 Å². The molecule has 34 heavy (non-hydrogen) atoms. The molecule has 1 aromatic heterocycles. The van der Waals surface area contributed by atoms with E-state index in [0.29, 0.717) is 34.9 Å². The Hall–Kier alpha value is -3.64. The summed E-state index contributed by atoms with van der Waals surface area (Å²) in [6.07, 6.45) is 2.82. The van der Waals surface area contributed by atoms with Crippen molar-refractivity contribution in [2.24, 2.45) is 5.92 Å². The van der Waals surface area contributed by atoms with Crippen molar-refractivity contribution in [1.82, 2.24) is 9.47 Å². The number of hydrogen-bond donors (Lipinski definition) is 1. The van der Waals surface area contributed by atoms with Crippen molar-refractivity contribution in [3.8, 4) is 11.5 Å². The van der Waals surface area contributed by atoms with Gasteiger partial charge >= 0.3 is 0 Å². The quantitative estimate of drug-likeness (QED) is 0.604. The van der Waals surface area contributed by atoms with Gasteiger partial charge in [0, 0.05) is 43.9 Å². The highest BCUT2D eigenvalue weighted by Crippen LogP contribution is 2.43. The third-order valence-corrected chi connectivity index (χ3v) is 7.26. The van der Waals surface area contributed by atoms with Gasteiger partial charge in [0.1, 0.15) is 11.5 Å². The minimum atomic E-state index is -0.151. The molecule has 1 N–H and O–H groups in total. The Kier molecular flexibility index (Phi) is 4.92. The molecule has 0 saturated carbocycles. The number of aromatic hydroxyl groups is 1. The van der Waals surface area contributed by atoms with Crippen molar-refractivity contribution in [3.63, 3.8) is 0 Å². The number of ether oxygens (including phenoxy) is 1. The predicted molar refractivity (Wildman–Crippen MR) is 129 cm³/mol. The molecular weight excluding hydrogens is 428 g/mol. The van der Waals surface area contributed by atoms with Gasteiger partial charge in [0.05, 0.1) is 11.1 Å². The molecule has 3 aliphatic heterocycles. The number of aryl methyl sites for hydroxylation is 1. The SMILES string of the molecule is Cc1cc(O)c(CN2C[C@H]3C[C@@H](C2)c2cccc(=O)n2C3)c2c1C(=O)/C(=C/c1ccccc1)O2. The van der Waals surface area contributed by atoms with Crippen LogP contribution in [-0.4, -0.2) is 33.4 Å². The van der Waals surface area contributed by atoms with Gasteiger partial charge in [0.25, 0.3) is 5.56 Å². The monoisotopic (exact) mass is 454 g/mol. The molecule has 0 spiro atoms. The Morgan fingerprint density at radius 1 is 1.06 bits per heavy atom. The van der Waals surface area contributed by atoms with Crippen molar-refractivity contribution in [1.29, 1.82) is 0 Å². The van der Waals surface area contributed by atoms with Gasteiger partial charge in [-0.05, 0) is 48.6 Å². The Morgan fingerprint density at radius 2 is 1.88 bits per heavy atom. The summed E-state index contributed by atoms with van der Waals surface area (Å²) in [7, 11) is 0. The second-order valence-corrected chi connectivity index (χ2v) is 9.64. The van der Waals surface area contributed by atoms with Crippen molar-refractivity contribution in [3.05, 3.63) is 98.7 Å². The van der Waals surface area contributed by atoms with Gasteiger partial charge in [0.15, 0.2) is 5.76 Å². The summed E-state index contributed by atoms with van der Waals surface area (Å²) < 4.78 is 8.02. The van der Waals surface area contributed by atoms with Crippen LogP contribution in [0.2, 0.25) is 0 Å². The molecule has 2 aromatic carbocycles. The van der Waals surface area contributed by atoms with Crippen LogP contribution in [0.15, 0.2) is 65.2 Å². The van der Waals surface area contributed by atoms with Gasteiger partial charge in [0.2, 0.25) is 5.78 Å². The second-order valence-electron chi connectivity index (χ2n) is 9.64. The van der Waals surface area contributed by atoms with Gasteiger partial charge in [-0.1, -0.05) is 36.4 Å². The lowest BCUT2D eigenvalue weighted by atomic mass is 9.83. The topological polar surface area (TPSA) is 71.8 Å². The maximum absolute atomic E-state index is 13.2. The van der Waals surface area contributed by atoms with Gasteiger partial charge < -0.3 is 14.4 Å². The van der Waals surface area contributed by atoms with E-state index < -0.39 is 0 Å². The van der Waals surface area contributed by atoms with E-state index in [1.165, 1.54) is 0 Å². The number of nitrogens with zero attached hydrogens (tertiary/aromatic N) is 2. The van der Waals surface area contributed by atoms with Crippen LogP contribution in [0.5, 0.6) is 11.5 Å². The van der Waals surface area contributed by atoms with E-state index in [-0.39, 0.29) is 28.8 Å². The molecule has 0 amide bonds. The smallest absolute Gasteiger partial charge is 0.250 e. The first-order valence-corrected chi connectivity index (χ1v) is 11.7. The minimum absolute atomic E-state index is 0.0688. The fraction of sp³-hybridized carbons (Fsp3) is 0.286. The zero-order valence-electron chi connectivity index (χ0n) is 19.0. The number of fused-ring (bicyclic) bond motifs is 5. The second kappa shape index (κ2) is 7.99. The van der Waals surface area contributed by atoms with Crippen LogP contribution in [0.3, 0.4) is 0 Å². The molecule has 1 saturated heterocycles. The first kappa shape index (κ1) is 20.9. The molecule has 172 valence electrons. The molecule has 2 atom stereocenters. The van der Waals surface area contributed by atoms with Crippen LogP contribution in [0.1, 0.15) is 45.1 Å². The number of benzene rings is 2. The molecule has 4 heterocycles. The molecule has 0 aliphatic carbocycles. The number of phenolic OH excluding ortho intramolecular Hbond substituents is 1. The Balaban J connectivity index is 1.32. The molecule has 1 fully saturated rings. The maximum atomic E-state index is 13.2. The molecule has 0 radical (unpaired) electrons. The standard InChI is InChI=1S/C28H26N2O4/c1-17-10-23(31)21(28-26(17)27(33)24(34-28)12-18-6-3-2-4-7-18)16-29-13-19-11-20(15-29)22-8-5-9-25(32)30(22)14-19/h2-10,12,19-20,31H,11,13-16H2,1H3/b24-12-/t19-,20+/m1/s1. The molecule has 2 bridgehead atoms. The summed E-state index contributed by atoms with van der Waals surface area (Å²) in [6.45, 7) is 4.67. The zero-order chi connectivity index (χ0) is 23.4. The average Bonchev–Trinajstić information content (AvgIpc) is 3.14. The van der Waals surface area contributed by atoms with E-state index in [0.717, 1.165) is 37.3 Å². The molecule has 3 aromatic rings. The molecular formula is C28H26N2O4. The largest absolute Gasteiger partial charge is 0.507 e. The Bertz CT molecular complexity index is 1390. The van der Waals surface area contributed by atoms with Crippen LogP contribution in [0, 0.1) is 12.8 Å². The van der Waals surface area contributed by atoms with E-state index in [4.69, 9.17) is 4.74 Å². The highest BCUT2D eigenvalue weighted by Gasteiger charge is 2.37. The average molecular weight is 455 g/mol. The lowest BCUT2D eigenvalue weighted by Gasteiger charge is -2.43. The van der Waals surface area contributed by atoms with Crippen LogP contribution >= 0.6 is 0 Å². The summed E-state index contributed by atoms with van der Waals surface area (Å²) in [5.74, 6) is 1.40. The van der Waals surface area contributed by atoms with Crippen molar-refractivity contribution >= 4 is 11.9 Å². The summed E-state index contributed by atoms with van der Waals surface area (Å²) in [5.41, 5.74) is 3.94. The first-order chi connectivity index (χ1) is 16.5.